The smallest absolute Gasteiger partial charge is 0.192 e. The van der Waals surface area contributed by atoms with E-state index in [1.54, 1.807) is 6.07 Å². The first-order chi connectivity index (χ1) is 12.0. The van der Waals surface area contributed by atoms with E-state index in [1.807, 2.05) is 19.1 Å². The zero-order valence-corrected chi connectivity index (χ0v) is 14.7. The van der Waals surface area contributed by atoms with E-state index in [1.165, 1.54) is 5.56 Å². The molecule has 1 aliphatic rings. The fourth-order valence-electron chi connectivity index (χ4n) is 3.06. The summed E-state index contributed by atoms with van der Waals surface area (Å²) in [6.45, 7) is 1.61. The van der Waals surface area contributed by atoms with Crippen LogP contribution in [0, 0.1) is 6.92 Å². The van der Waals surface area contributed by atoms with Crippen LogP contribution >= 0.6 is 11.6 Å². The maximum Gasteiger partial charge on any atom is 0.192 e. The Morgan fingerprint density at radius 1 is 1.20 bits per heavy atom. The lowest BCUT2D eigenvalue weighted by atomic mass is 9.93. The van der Waals surface area contributed by atoms with Gasteiger partial charge in [-0.2, -0.15) is 0 Å². The molecule has 132 valence electrons. The second-order valence-corrected chi connectivity index (χ2v) is 6.87. The molecule has 2 aromatic rings. The molecule has 3 rings (SSSR count). The number of hydrogen-bond donors (Lipinski definition) is 2. The Kier molecular flexibility index (Phi) is 5.54. The van der Waals surface area contributed by atoms with Crippen LogP contribution in [0.25, 0.3) is 0 Å². The lowest BCUT2D eigenvalue weighted by Crippen LogP contribution is -2.43. The molecular formula is C20H21ClO4. The van der Waals surface area contributed by atoms with Gasteiger partial charge in [0.05, 0.1) is 12.7 Å². The van der Waals surface area contributed by atoms with Crippen LogP contribution in [0.5, 0.6) is 0 Å². The predicted octanol–water partition coefficient (Wildman–Crippen LogP) is 2.99. The van der Waals surface area contributed by atoms with Crippen LogP contribution in [0.15, 0.2) is 42.5 Å². The summed E-state index contributed by atoms with van der Waals surface area (Å²) in [5.41, 5.74) is 4.15. The Balaban J connectivity index is 1.83. The maximum absolute atomic E-state index is 11.8. The van der Waals surface area contributed by atoms with Crippen LogP contribution in [0.1, 0.15) is 34.8 Å². The summed E-state index contributed by atoms with van der Waals surface area (Å²) in [7, 11) is 0. The van der Waals surface area contributed by atoms with Crippen LogP contribution in [-0.4, -0.2) is 34.8 Å². The van der Waals surface area contributed by atoms with Gasteiger partial charge in [0.2, 0.25) is 0 Å². The lowest BCUT2D eigenvalue weighted by molar-refractivity contribution is -0.161. The number of aliphatic hydroxyl groups excluding tert-OH is 2. The zero-order valence-electron chi connectivity index (χ0n) is 14.0. The summed E-state index contributed by atoms with van der Waals surface area (Å²) in [5, 5.41) is 19.9. The summed E-state index contributed by atoms with van der Waals surface area (Å²) in [6.07, 6.45) is -1.68. The number of aryl methyl sites for hydroxylation is 1. The zero-order chi connectivity index (χ0) is 18.0. The van der Waals surface area contributed by atoms with Crippen molar-refractivity contribution < 1.29 is 19.7 Å². The Hall–Kier alpha value is -1.72. The van der Waals surface area contributed by atoms with Gasteiger partial charge in [-0.3, -0.25) is 4.79 Å². The van der Waals surface area contributed by atoms with E-state index in [9.17, 15) is 15.0 Å². The minimum absolute atomic E-state index is 0.181. The number of hydrogen-bond acceptors (Lipinski definition) is 4. The van der Waals surface area contributed by atoms with E-state index in [0.29, 0.717) is 11.4 Å². The largest absolute Gasteiger partial charge is 0.393 e. The van der Waals surface area contributed by atoms with Gasteiger partial charge in [0, 0.05) is 11.4 Å². The van der Waals surface area contributed by atoms with Gasteiger partial charge in [0.15, 0.2) is 5.78 Å². The Morgan fingerprint density at radius 2 is 1.92 bits per heavy atom. The van der Waals surface area contributed by atoms with E-state index in [2.05, 4.69) is 24.3 Å². The molecule has 0 bridgehead atoms. The van der Waals surface area contributed by atoms with Crippen molar-refractivity contribution in [1.29, 1.82) is 0 Å². The van der Waals surface area contributed by atoms with Crippen LogP contribution < -0.4 is 0 Å². The normalized spacial score (nSPS) is 23.7. The minimum Gasteiger partial charge on any atom is -0.393 e. The molecule has 2 N–H and O–H groups in total. The van der Waals surface area contributed by atoms with Crippen molar-refractivity contribution in [2.75, 3.05) is 6.61 Å². The van der Waals surface area contributed by atoms with Crippen LogP contribution in [-0.2, 0) is 16.0 Å². The van der Waals surface area contributed by atoms with E-state index in [4.69, 9.17) is 16.3 Å². The van der Waals surface area contributed by atoms with Crippen molar-refractivity contribution in [2.45, 2.75) is 38.1 Å². The lowest BCUT2D eigenvalue weighted by Gasteiger charge is -2.31. The number of halogens is 1. The van der Waals surface area contributed by atoms with Gasteiger partial charge in [-0.1, -0.05) is 53.6 Å². The molecule has 0 radical (unpaired) electrons. The van der Waals surface area contributed by atoms with Crippen molar-refractivity contribution in [1.82, 2.24) is 0 Å². The van der Waals surface area contributed by atoms with Crippen LogP contribution in [0.3, 0.4) is 0 Å². The number of carbonyl (C=O) groups excluding carboxylic acids is 1. The van der Waals surface area contributed by atoms with Gasteiger partial charge in [0.1, 0.15) is 12.2 Å². The maximum atomic E-state index is 11.8. The molecule has 3 atom stereocenters. The molecule has 0 amide bonds. The molecule has 5 heteroatoms. The Bertz CT molecular complexity index is 757. The van der Waals surface area contributed by atoms with Crippen molar-refractivity contribution in [3.05, 3.63) is 69.7 Å². The van der Waals surface area contributed by atoms with Crippen molar-refractivity contribution >= 4 is 17.4 Å². The molecule has 25 heavy (non-hydrogen) atoms. The van der Waals surface area contributed by atoms with E-state index >= 15 is 0 Å². The molecule has 0 unspecified atom stereocenters. The number of ketones is 1. The van der Waals surface area contributed by atoms with Gasteiger partial charge in [0.25, 0.3) is 0 Å². The number of rotatable bonds is 4. The van der Waals surface area contributed by atoms with Gasteiger partial charge in [-0.15, -0.1) is 0 Å². The molecular weight excluding hydrogens is 340 g/mol. The Labute approximate surface area is 152 Å². The third kappa shape index (κ3) is 4.10. The fraction of sp³-hybridized carbons (Fsp3) is 0.350. The number of Topliss-reactive ketones (excluding diaryl/α,β-unsaturated/α-hetero) is 1. The first-order valence-electron chi connectivity index (χ1n) is 8.30. The molecule has 0 aliphatic carbocycles. The average molecular weight is 361 g/mol. The number of benzene rings is 2. The number of ether oxygens (including phenoxy) is 1. The summed E-state index contributed by atoms with van der Waals surface area (Å²) >= 11 is 6.34. The third-order valence-corrected chi connectivity index (χ3v) is 4.90. The highest BCUT2D eigenvalue weighted by atomic mass is 35.5. The monoisotopic (exact) mass is 360 g/mol. The highest BCUT2D eigenvalue weighted by Gasteiger charge is 2.36. The van der Waals surface area contributed by atoms with Crippen LogP contribution in [0.4, 0.5) is 0 Å². The molecule has 0 saturated carbocycles. The predicted molar refractivity (Wildman–Crippen MR) is 95.8 cm³/mol. The standard InChI is InChI=1S/C20H21ClO4/c1-12-2-4-13(5-3-12)8-15-9-14(6-7-16(15)21)18-10-17(23)20(24)19(11-22)25-18/h2-7,9,17-19,22-23H,8,10-11H2,1H3/t17-,18-,19-/m1/s1. The molecule has 2 aromatic carbocycles. The van der Waals surface area contributed by atoms with Crippen molar-refractivity contribution in [2.24, 2.45) is 0 Å². The SMILES string of the molecule is Cc1ccc(Cc2cc([C@H]3C[C@@H](O)C(=O)[C@@H](CO)O3)ccc2Cl)cc1. The van der Waals surface area contributed by atoms with Crippen LogP contribution in [0.2, 0.25) is 5.02 Å². The van der Waals surface area contributed by atoms with Gasteiger partial charge in [-0.25, -0.2) is 0 Å². The summed E-state index contributed by atoms with van der Waals surface area (Å²) in [5.74, 6) is -0.465. The molecule has 1 fully saturated rings. The van der Waals surface area contributed by atoms with Gasteiger partial charge in [-0.05, 0) is 36.1 Å². The minimum atomic E-state index is -1.12. The van der Waals surface area contributed by atoms with E-state index in [0.717, 1.165) is 16.7 Å². The third-order valence-electron chi connectivity index (χ3n) is 4.53. The van der Waals surface area contributed by atoms with Gasteiger partial charge < -0.3 is 14.9 Å². The molecule has 0 aromatic heterocycles. The molecule has 1 saturated heterocycles. The highest BCUT2D eigenvalue weighted by molar-refractivity contribution is 6.31. The van der Waals surface area contributed by atoms with Gasteiger partial charge >= 0.3 is 0 Å². The average Bonchev–Trinajstić information content (AvgIpc) is 2.61. The fourth-order valence-corrected chi connectivity index (χ4v) is 3.24. The first kappa shape index (κ1) is 18.1. The molecule has 0 spiro atoms. The topological polar surface area (TPSA) is 66.8 Å². The second-order valence-electron chi connectivity index (χ2n) is 6.46. The molecule has 1 heterocycles. The van der Waals surface area contributed by atoms with E-state index < -0.39 is 30.7 Å². The quantitative estimate of drug-likeness (QED) is 0.879. The molecule has 4 nitrogen and oxygen atoms in total. The van der Waals surface area contributed by atoms with Crippen molar-refractivity contribution in [3.63, 3.8) is 0 Å². The summed E-state index contributed by atoms with van der Waals surface area (Å²) in [4.78, 5) is 11.8. The second kappa shape index (κ2) is 7.67. The van der Waals surface area contributed by atoms with Crippen molar-refractivity contribution in [3.8, 4) is 0 Å². The highest BCUT2D eigenvalue weighted by Crippen LogP contribution is 2.32. The Morgan fingerprint density at radius 3 is 2.60 bits per heavy atom. The number of carbonyl (C=O) groups is 1. The summed E-state index contributed by atoms with van der Waals surface area (Å²) < 4.78 is 5.66. The first-order valence-corrected chi connectivity index (χ1v) is 8.67. The summed E-state index contributed by atoms with van der Waals surface area (Å²) in [6, 6.07) is 13.8. The van der Waals surface area contributed by atoms with E-state index in [-0.39, 0.29) is 6.42 Å². The molecule has 1 aliphatic heterocycles. The number of aliphatic hydroxyl groups is 2.